The Hall–Kier alpha value is -2.73. The van der Waals surface area contributed by atoms with Crippen molar-refractivity contribution < 1.29 is 14.1 Å². The molecule has 0 radical (unpaired) electrons. The summed E-state index contributed by atoms with van der Waals surface area (Å²) < 4.78 is 13.4. The molecule has 2 N–H and O–H groups in total. The normalized spacial score (nSPS) is 15.3. The van der Waals surface area contributed by atoms with Crippen LogP contribution < -0.4 is 15.2 Å². The minimum absolute atomic E-state index is 0.143. The fourth-order valence-corrected chi connectivity index (χ4v) is 3.07. The fraction of sp³-hybridized carbons (Fsp3) is 0.300. The van der Waals surface area contributed by atoms with Crippen molar-refractivity contribution in [2.24, 2.45) is 5.10 Å². The maximum atomic E-state index is 13.4. The average Bonchev–Trinajstić information content (AvgIpc) is 2.69. The van der Waals surface area contributed by atoms with Crippen LogP contribution in [0.5, 0.6) is 0 Å². The minimum Gasteiger partial charge on any atom is -0.360 e. The first-order valence-electron chi connectivity index (χ1n) is 8.92. The molecule has 1 fully saturated rings. The van der Waals surface area contributed by atoms with E-state index in [0.29, 0.717) is 12.0 Å². The molecule has 1 amide bonds. The number of nitrogens with zero attached hydrogens (tertiary/aromatic N) is 2. The summed E-state index contributed by atoms with van der Waals surface area (Å²) in [5.41, 5.74) is 4.09. The summed E-state index contributed by atoms with van der Waals surface area (Å²) in [5.74, 6) is -0.498. The van der Waals surface area contributed by atoms with Crippen molar-refractivity contribution in [3.8, 4) is 0 Å². The molecule has 0 unspecified atom stereocenters. The number of quaternary nitrogens is 1. The predicted molar refractivity (Wildman–Crippen MR) is 101 cm³/mol. The highest BCUT2D eigenvalue weighted by molar-refractivity contribution is 5.82. The second-order valence-electron chi connectivity index (χ2n) is 6.39. The van der Waals surface area contributed by atoms with E-state index in [0.717, 1.165) is 32.7 Å². The first-order chi connectivity index (χ1) is 12.7. The van der Waals surface area contributed by atoms with Crippen molar-refractivity contribution in [2.45, 2.75) is 6.42 Å². The molecule has 136 valence electrons. The highest BCUT2D eigenvalue weighted by Crippen LogP contribution is 2.12. The number of hydrogen-bond donors (Lipinski definition) is 2. The molecule has 0 bridgehead atoms. The van der Waals surface area contributed by atoms with Crippen molar-refractivity contribution in [2.75, 3.05) is 37.6 Å². The zero-order valence-corrected chi connectivity index (χ0v) is 14.7. The van der Waals surface area contributed by atoms with Gasteiger partial charge in [-0.25, -0.2) is 9.82 Å². The zero-order valence-electron chi connectivity index (χ0n) is 14.7. The molecule has 0 saturated carbocycles. The molecule has 0 atom stereocenters. The summed E-state index contributed by atoms with van der Waals surface area (Å²) in [6.45, 7) is 4.80. The van der Waals surface area contributed by atoms with Gasteiger partial charge in [0.1, 0.15) is 5.82 Å². The van der Waals surface area contributed by atoms with Gasteiger partial charge in [0.25, 0.3) is 0 Å². The smallest absolute Gasteiger partial charge is 0.245 e. The van der Waals surface area contributed by atoms with E-state index in [2.05, 4.69) is 39.7 Å². The summed E-state index contributed by atoms with van der Waals surface area (Å²) in [5, 5.41) is 3.84. The van der Waals surface area contributed by atoms with Crippen LogP contribution in [0.3, 0.4) is 0 Å². The van der Waals surface area contributed by atoms with Gasteiger partial charge in [0, 0.05) is 11.3 Å². The van der Waals surface area contributed by atoms with Crippen molar-refractivity contribution in [3.05, 3.63) is 66.0 Å². The van der Waals surface area contributed by atoms with E-state index < -0.39 is 0 Å². The van der Waals surface area contributed by atoms with Gasteiger partial charge in [0.15, 0.2) is 0 Å². The number of benzene rings is 2. The van der Waals surface area contributed by atoms with Gasteiger partial charge in [0.2, 0.25) is 5.91 Å². The fourth-order valence-electron chi connectivity index (χ4n) is 3.07. The Balaban J connectivity index is 1.37. The van der Waals surface area contributed by atoms with E-state index >= 15 is 0 Å². The molecule has 5 nitrogen and oxygen atoms in total. The van der Waals surface area contributed by atoms with Gasteiger partial charge in [-0.05, 0) is 18.2 Å². The molecule has 2 aromatic carbocycles. The van der Waals surface area contributed by atoms with Gasteiger partial charge in [-0.3, -0.25) is 4.79 Å². The van der Waals surface area contributed by atoms with Crippen molar-refractivity contribution in [1.82, 2.24) is 5.43 Å². The number of nitrogens with one attached hydrogen (secondary N) is 2. The van der Waals surface area contributed by atoms with Crippen LogP contribution in [-0.4, -0.2) is 44.8 Å². The maximum absolute atomic E-state index is 13.4. The number of carbonyl (C=O) groups excluding carboxylic acids is 1. The Morgan fingerprint density at radius 3 is 2.54 bits per heavy atom. The third-order valence-electron chi connectivity index (χ3n) is 4.60. The van der Waals surface area contributed by atoms with Gasteiger partial charge >= 0.3 is 0 Å². The molecule has 0 spiro atoms. The summed E-state index contributed by atoms with van der Waals surface area (Å²) >= 11 is 0. The van der Waals surface area contributed by atoms with Gasteiger partial charge in [-0.15, -0.1) is 0 Å². The van der Waals surface area contributed by atoms with Gasteiger partial charge in [-0.1, -0.05) is 36.4 Å². The predicted octanol–water partition coefficient (Wildman–Crippen LogP) is 1.07. The number of rotatable bonds is 6. The number of anilines is 1. The molecular weight excluding hydrogens is 331 g/mol. The number of hydrazone groups is 1. The van der Waals surface area contributed by atoms with E-state index in [1.807, 2.05) is 6.07 Å². The van der Waals surface area contributed by atoms with Crippen LogP contribution in [0, 0.1) is 5.82 Å². The molecule has 1 saturated heterocycles. The molecule has 1 aliphatic rings. The molecule has 0 aliphatic carbocycles. The number of para-hydroxylation sites is 1. The number of carbonyl (C=O) groups is 1. The Morgan fingerprint density at radius 2 is 1.81 bits per heavy atom. The van der Waals surface area contributed by atoms with Crippen LogP contribution in [0.1, 0.15) is 12.0 Å². The zero-order chi connectivity index (χ0) is 18.2. The van der Waals surface area contributed by atoms with E-state index in [4.69, 9.17) is 0 Å². The highest BCUT2D eigenvalue weighted by Gasteiger charge is 2.20. The van der Waals surface area contributed by atoms with Gasteiger partial charge < -0.3 is 9.80 Å². The lowest BCUT2D eigenvalue weighted by molar-refractivity contribution is -0.900. The molecule has 6 heteroatoms. The second-order valence-corrected chi connectivity index (χ2v) is 6.39. The van der Waals surface area contributed by atoms with E-state index in [1.165, 1.54) is 22.9 Å². The number of amides is 1. The minimum atomic E-state index is -0.355. The first-order valence-corrected chi connectivity index (χ1v) is 8.92. The summed E-state index contributed by atoms with van der Waals surface area (Å²) in [7, 11) is 0. The van der Waals surface area contributed by atoms with Crippen molar-refractivity contribution >= 4 is 17.8 Å². The SMILES string of the molecule is O=C(CC[NH+]1CCN(c2ccccc2)CC1)N/N=C\c1ccccc1F. The molecule has 0 aromatic heterocycles. The first kappa shape index (κ1) is 18.1. The van der Waals surface area contributed by atoms with Crippen LogP contribution in [0.4, 0.5) is 10.1 Å². The Kier molecular flexibility index (Phi) is 6.33. The van der Waals surface area contributed by atoms with Crippen LogP contribution in [0.15, 0.2) is 59.7 Å². The molecule has 3 rings (SSSR count). The Labute approximate surface area is 153 Å². The molecule has 26 heavy (non-hydrogen) atoms. The molecular formula is C20H24FN4O+. The third-order valence-corrected chi connectivity index (χ3v) is 4.60. The number of piperazine rings is 1. The summed E-state index contributed by atoms with van der Waals surface area (Å²) in [4.78, 5) is 15.7. The van der Waals surface area contributed by atoms with E-state index in [-0.39, 0.29) is 11.7 Å². The largest absolute Gasteiger partial charge is 0.360 e. The lowest BCUT2D eigenvalue weighted by atomic mass is 10.2. The monoisotopic (exact) mass is 355 g/mol. The van der Waals surface area contributed by atoms with Crippen molar-refractivity contribution in [1.29, 1.82) is 0 Å². The quantitative estimate of drug-likeness (QED) is 0.602. The summed E-state index contributed by atoms with van der Waals surface area (Å²) in [6, 6.07) is 16.7. The van der Waals surface area contributed by atoms with Crippen LogP contribution in [0.25, 0.3) is 0 Å². The van der Waals surface area contributed by atoms with Crippen LogP contribution in [0.2, 0.25) is 0 Å². The Bertz CT molecular complexity index is 742. The maximum Gasteiger partial charge on any atom is 0.245 e. The average molecular weight is 355 g/mol. The lowest BCUT2D eigenvalue weighted by Gasteiger charge is -2.33. The molecule has 1 aliphatic heterocycles. The van der Waals surface area contributed by atoms with Gasteiger partial charge in [-0.2, -0.15) is 5.10 Å². The highest BCUT2D eigenvalue weighted by atomic mass is 19.1. The van der Waals surface area contributed by atoms with E-state index in [1.54, 1.807) is 18.2 Å². The lowest BCUT2D eigenvalue weighted by Crippen LogP contribution is -3.15. The second kappa shape index (κ2) is 9.10. The van der Waals surface area contributed by atoms with E-state index in [9.17, 15) is 9.18 Å². The molecule has 1 heterocycles. The van der Waals surface area contributed by atoms with Crippen LogP contribution >= 0.6 is 0 Å². The van der Waals surface area contributed by atoms with Gasteiger partial charge in [0.05, 0.1) is 45.4 Å². The summed E-state index contributed by atoms with van der Waals surface area (Å²) in [6.07, 6.45) is 1.74. The standard InChI is InChI=1S/C20H23FN4O/c21-19-9-5-4-6-17(19)16-22-23-20(26)10-11-24-12-14-25(15-13-24)18-7-2-1-3-8-18/h1-9,16H,10-15H2,(H,23,26)/p+1/b22-16-. The molecule has 2 aromatic rings. The number of halogens is 1. The third kappa shape index (κ3) is 5.13. The van der Waals surface area contributed by atoms with Crippen molar-refractivity contribution in [3.63, 3.8) is 0 Å². The van der Waals surface area contributed by atoms with Crippen LogP contribution in [-0.2, 0) is 4.79 Å². The Morgan fingerprint density at radius 1 is 1.12 bits per heavy atom. The topological polar surface area (TPSA) is 49.1 Å². The number of hydrogen-bond acceptors (Lipinski definition) is 3.